The zero-order valence-corrected chi connectivity index (χ0v) is 16.1. The largest absolute Gasteiger partial charge is 0.342 e. The number of fused-ring (bicyclic) bond motifs is 1. The normalized spacial score (nSPS) is 17.4. The molecule has 0 saturated carbocycles. The van der Waals surface area contributed by atoms with Gasteiger partial charge in [0, 0.05) is 42.8 Å². The summed E-state index contributed by atoms with van der Waals surface area (Å²) in [6.45, 7) is 3.15. The number of carbonyl (C=O) groups is 2. The topological polar surface area (TPSA) is 82.2 Å². The molecular weight excluding hydrogens is 354 g/mol. The van der Waals surface area contributed by atoms with Gasteiger partial charge in [-0.1, -0.05) is 25.5 Å². The van der Waals surface area contributed by atoms with Crippen molar-refractivity contribution in [3.63, 3.8) is 0 Å². The summed E-state index contributed by atoms with van der Waals surface area (Å²) >= 11 is 0. The van der Waals surface area contributed by atoms with Crippen LogP contribution in [0.1, 0.15) is 30.1 Å². The van der Waals surface area contributed by atoms with Crippen LogP contribution in [0.15, 0.2) is 42.7 Å². The Balaban J connectivity index is 1.64. The number of aromatic amines is 1. The van der Waals surface area contributed by atoms with Crippen LogP contribution >= 0.6 is 0 Å². The molecule has 1 aliphatic rings. The average molecular weight is 377 g/mol. The fourth-order valence-electron chi connectivity index (χ4n) is 3.70. The van der Waals surface area contributed by atoms with E-state index in [2.05, 4.69) is 15.2 Å². The maximum Gasteiger partial charge on any atom is 0.254 e. The van der Waals surface area contributed by atoms with Gasteiger partial charge in [0.05, 0.1) is 6.20 Å². The number of hydrogen-bond donors (Lipinski definition) is 1. The fraction of sp³-hybridized carbons (Fsp3) is 0.333. The Morgan fingerprint density at radius 1 is 1.21 bits per heavy atom. The number of H-pyrrole nitrogens is 1. The number of carbonyl (C=O) groups excluding carboxylic acids is 2. The smallest absolute Gasteiger partial charge is 0.254 e. The Labute approximate surface area is 163 Å². The van der Waals surface area contributed by atoms with Gasteiger partial charge in [-0.3, -0.25) is 14.7 Å². The summed E-state index contributed by atoms with van der Waals surface area (Å²) in [5.41, 5.74) is 3.15. The van der Waals surface area contributed by atoms with Crippen LogP contribution in [-0.4, -0.2) is 63.0 Å². The third-order valence-electron chi connectivity index (χ3n) is 5.27. The van der Waals surface area contributed by atoms with E-state index in [-0.39, 0.29) is 17.9 Å². The molecule has 2 amide bonds. The quantitative estimate of drug-likeness (QED) is 0.758. The molecule has 3 aromatic rings. The van der Waals surface area contributed by atoms with Crippen molar-refractivity contribution in [1.29, 1.82) is 0 Å². The lowest BCUT2D eigenvalue weighted by atomic mass is 10.0. The van der Waals surface area contributed by atoms with E-state index in [1.54, 1.807) is 35.3 Å². The van der Waals surface area contributed by atoms with Gasteiger partial charge in [0.25, 0.3) is 5.91 Å². The third-order valence-corrected chi connectivity index (χ3v) is 5.27. The van der Waals surface area contributed by atoms with Crippen molar-refractivity contribution in [2.45, 2.75) is 25.8 Å². The number of rotatable bonds is 4. The first-order valence-corrected chi connectivity index (χ1v) is 9.54. The zero-order chi connectivity index (χ0) is 19.7. The third kappa shape index (κ3) is 3.24. The van der Waals surface area contributed by atoms with Crippen LogP contribution in [0.5, 0.6) is 0 Å². The first-order valence-electron chi connectivity index (χ1n) is 9.54. The molecule has 1 unspecified atom stereocenters. The Hall–Kier alpha value is -3.22. The number of nitrogens with zero attached hydrogens (tertiary/aromatic N) is 4. The minimum absolute atomic E-state index is 0.0206. The lowest BCUT2D eigenvalue weighted by molar-refractivity contribution is -0.138. The Bertz CT molecular complexity index is 1030. The lowest BCUT2D eigenvalue weighted by Gasteiger charge is -2.39. The molecule has 144 valence electrons. The summed E-state index contributed by atoms with van der Waals surface area (Å²) < 4.78 is 0. The van der Waals surface area contributed by atoms with Gasteiger partial charge in [-0.05, 0) is 30.2 Å². The number of benzene rings is 1. The highest BCUT2D eigenvalue weighted by Crippen LogP contribution is 2.25. The zero-order valence-electron chi connectivity index (χ0n) is 16.1. The van der Waals surface area contributed by atoms with Gasteiger partial charge < -0.3 is 9.80 Å². The molecule has 0 bridgehead atoms. The standard InChI is InChI=1S/C21H23N5O2/c1-3-5-18-21(28)25(2)8-9-26(18)20(27)15-7-4-6-14(10-15)16-11-17-13-23-24-19(17)22-12-16/h4,6-7,10-13,18H,3,5,8-9H2,1-2H3,(H,22,23,24). The minimum atomic E-state index is -0.385. The van der Waals surface area contributed by atoms with E-state index < -0.39 is 0 Å². The molecule has 1 saturated heterocycles. The van der Waals surface area contributed by atoms with Crippen LogP contribution in [0.25, 0.3) is 22.2 Å². The van der Waals surface area contributed by atoms with Crippen LogP contribution in [-0.2, 0) is 4.79 Å². The van der Waals surface area contributed by atoms with Crippen molar-refractivity contribution in [3.8, 4) is 11.1 Å². The van der Waals surface area contributed by atoms with E-state index in [0.29, 0.717) is 25.1 Å². The van der Waals surface area contributed by atoms with Crippen LogP contribution < -0.4 is 0 Å². The van der Waals surface area contributed by atoms with Crippen molar-refractivity contribution in [2.75, 3.05) is 20.1 Å². The van der Waals surface area contributed by atoms with Crippen LogP contribution in [0.2, 0.25) is 0 Å². The van der Waals surface area contributed by atoms with Crippen molar-refractivity contribution in [2.24, 2.45) is 0 Å². The molecular formula is C21H23N5O2. The van der Waals surface area contributed by atoms with Crippen molar-refractivity contribution < 1.29 is 9.59 Å². The van der Waals surface area contributed by atoms with Crippen molar-refractivity contribution >= 4 is 22.8 Å². The molecule has 7 nitrogen and oxygen atoms in total. The molecule has 1 N–H and O–H groups in total. The highest BCUT2D eigenvalue weighted by molar-refractivity contribution is 5.99. The van der Waals surface area contributed by atoms with Crippen molar-refractivity contribution in [1.82, 2.24) is 25.0 Å². The summed E-state index contributed by atoms with van der Waals surface area (Å²) in [5.74, 6) is -0.0775. The van der Waals surface area contributed by atoms with Gasteiger partial charge in [-0.25, -0.2) is 4.98 Å². The van der Waals surface area contributed by atoms with E-state index in [1.165, 1.54) is 0 Å². The number of piperazine rings is 1. The summed E-state index contributed by atoms with van der Waals surface area (Å²) in [4.78, 5) is 33.6. The predicted octanol–water partition coefficient (Wildman–Crippen LogP) is 2.71. The first kappa shape index (κ1) is 18.2. The molecule has 1 fully saturated rings. The summed E-state index contributed by atoms with van der Waals surface area (Å²) in [6, 6.07) is 9.12. The molecule has 1 aromatic carbocycles. The molecule has 0 radical (unpaired) electrons. The van der Waals surface area contributed by atoms with E-state index in [1.807, 2.05) is 31.2 Å². The highest BCUT2D eigenvalue weighted by Gasteiger charge is 2.35. The minimum Gasteiger partial charge on any atom is -0.342 e. The summed E-state index contributed by atoms with van der Waals surface area (Å²) in [6.07, 6.45) is 5.02. The van der Waals surface area contributed by atoms with Crippen LogP contribution in [0.3, 0.4) is 0 Å². The van der Waals surface area contributed by atoms with Crippen LogP contribution in [0.4, 0.5) is 0 Å². The summed E-state index contributed by atoms with van der Waals surface area (Å²) in [5, 5.41) is 7.75. The van der Waals surface area contributed by atoms with E-state index in [0.717, 1.165) is 28.6 Å². The second-order valence-corrected chi connectivity index (χ2v) is 7.18. The number of likely N-dealkylation sites (N-methyl/N-ethyl adjacent to an activating group) is 1. The molecule has 7 heteroatoms. The molecule has 3 heterocycles. The second kappa shape index (κ2) is 7.42. The fourth-order valence-corrected chi connectivity index (χ4v) is 3.70. The maximum atomic E-state index is 13.2. The predicted molar refractivity (Wildman–Crippen MR) is 107 cm³/mol. The van der Waals surface area contributed by atoms with E-state index in [9.17, 15) is 9.59 Å². The molecule has 0 spiro atoms. The van der Waals surface area contributed by atoms with Crippen molar-refractivity contribution in [3.05, 3.63) is 48.3 Å². The molecule has 1 atom stereocenters. The van der Waals surface area contributed by atoms with Gasteiger partial charge in [0.15, 0.2) is 5.65 Å². The second-order valence-electron chi connectivity index (χ2n) is 7.18. The highest BCUT2D eigenvalue weighted by atomic mass is 16.2. The van der Waals surface area contributed by atoms with Gasteiger partial charge in [-0.2, -0.15) is 5.10 Å². The Kier molecular flexibility index (Phi) is 4.81. The molecule has 4 rings (SSSR count). The molecule has 28 heavy (non-hydrogen) atoms. The summed E-state index contributed by atoms with van der Waals surface area (Å²) in [7, 11) is 1.80. The molecule has 1 aliphatic heterocycles. The number of pyridine rings is 1. The van der Waals surface area contributed by atoms with E-state index >= 15 is 0 Å². The monoisotopic (exact) mass is 377 g/mol. The number of aromatic nitrogens is 3. The van der Waals surface area contributed by atoms with E-state index in [4.69, 9.17) is 0 Å². The first-order chi connectivity index (χ1) is 13.6. The number of amides is 2. The van der Waals surface area contributed by atoms with Gasteiger partial charge in [0.2, 0.25) is 5.91 Å². The van der Waals surface area contributed by atoms with Gasteiger partial charge >= 0.3 is 0 Å². The van der Waals surface area contributed by atoms with Gasteiger partial charge in [0.1, 0.15) is 6.04 Å². The Morgan fingerprint density at radius 2 is 2.07 bits per heavy atom. The molecule has 2 aromatic heterocycles. The lowest BCUT2D eigenvalue weighted by Crippen LogP contribution is -2.57. The number of hydrogen-bond acceptors (Lipinski definition) is 4. The van der Waals surface area contributed by atoms with Gasteiger partial charge in [-0.15, -0.1) is 0 Å². The van der Waals surface area contributed by atoms with Crippen LogP contribution in [0, 0.1) is 0 Å². The molecule has 0 aliphatic carbocycles. The number of nitrogens with one attached hydrogen (secondary N) is 1. The maximum absolute atomic E-state index is 13.2. The average Bonchev–Trinajstić information content (AvgIpc) is 3.19. The Morgan fingerprint density at radius 3 is 2.89 bits per heavy atom. The SMILES string of the molecule is CCCC1C(=O)N(C)CCN1C(=O)c1cccc(-c2cnc3[nH]ncc3c2)c1.